The first kappa shape index (κ1) is 8.15. The quantitative estimate of drug-likeness (QED) is 0.414. The van der Waals surface area contributed by atoms with Gasteiger partial charge in [0.25, 0.3) is 0 Å². The molecule has 0 aliphatic heterocycles. The smallest absolute Gasteiger partial charge is 0.158 e. The Morgan fingerprint density at radius 3 is 2.67 bits per heavy atom. The number of hydrogen-bond acceptors (Lipinski definition) is 1. The van der Waals surface area contributed by atoms with E-state index in [1.54, 1.807) is 0 Å². The lowest BCUT2D eigenvalue weighted by Gasteiger charge is -1.82. The van der Waals surface area contributed by atoms with Crippen molar-refractivity contribution < 1.29 is 4.79 Å². The molecule has 0 fully saturated rings. The zero-order valence-corrected chi connectivity index (χ0v) is 5.76. The Bertz CT molecular complexity index is 123. The standard InChI is InChI=1S/C8H12O/c1-3-5-6-7-8(9)4-2/h4-6H,2-3,7H2,1H3/b6-5+. The van der Waals surface area contributed by atoms with Gasteiger partial charge in [-0.05, 0) is 12.5 Å². The third-order valence-electron chi connectivity index (χ3n) is 0.949. The van der Waals surface area contributed by atoms with Gasteiger partial charge in [-0.3, -0.25) is 4.79 Å². The lowest BCUT2D eigenvalue weighted by Crippen LogP contribution is -1.86. The molecule has 0 aromatic carbocycles. The number of rotatable bonds is 4. The zero-order valence-electron chi connectivity index (χ0n) is 5.76. The second kappa shape index (κ2) is 5.29. The van der Waals surface area contributed by atoms with Crippen LogP contribution in [0.2, 0.25) is 0 Å². The molecular weight excluding hydrogens is 112 g/mol. The van der Waals surface area contributed by atoms with E-state index in [2.05, 4.69) is 6.58 Å². The molecule has 1 heteroatoms. The molecule has 0 spiro atoms. The fourth-order valence-corrected chi connectivity index (χ4v) is 0.449. The van der Waals surface area contributed by atoms with Gasteiger partial charge in [0.1, 0.15) is 0 Å². The molecule has 0 aliphatic carbocycles. The maximum absolute atomic E-state index is 10.5. The molecule has 0 saturated carbocycles. The molecule has 0 amide bonds. The lowest BCUT2D eigenvalue weighted by molar-refractivity contribution is -0.113. The topological polar surface area (TPSA) is 17.1 Å². The second-order valence-corrected chi connectivity index (χ2v) is 1.75. The van der Waals surface area contributed by atoms with E-state index in [0.29, 0.717) is 6.42 Å². The van der Waals surface area contributed by atoms with Gasteiger partial charge in [0, 0.05) is 6.42 Å². The van der Waals surface area contributed by atoms with Crippen LogP contribution in [0.25, 0.3) is 0 Å². The summed E-state index contributed by atoms with van der Waals surface area (Å²) >= 11 is 0. The van der Waals surface area contributed by atoms with Gasteiger partial charge in [0.15, 0.2) is 5.78 Å². The van der Waals surface area contributed by atoms with Gasteiger partial charge in [-0.1, -0.05) is 25.7 Å². The van der Waals surface area contributed by atoms with E-state index in [9.17, 15) is 4.79 Å². The van der Waals surface area contributed by atoms with Crippen LogP contribution in [0, 0.1) is 0 Å². The van der Waals surface area contributed by atoms with Gasteiger partial charge in [-0.2, -0.15) is 0 Å². The Kier molecular flexibility index (Phi) is 4.79. The van der Waals surface area contributed by atoms with Gasteiger partial charge in [0.05, 0.1) is 0 Å². The van der Waals surface area contributed by atoms with Crippen LogP contribution in [-0.2, 0) is 4.79 Å². The van der Waals surface area contributed by atoms with Crippen molar-refractivity contribution in [1.82, 2.24) is 0 Å². The third kappa shape index (κ3) is 5.01. The monoisotopic (exact) mass is 124 g/mol. The van der Waals surface area contributed by atoms with E-state index >= 15 is 0 Å². The molecule has 0 bridgehead atoms. The SMILES string of the molecule is C=CC(=O)C/C=C/CC. The van der Waals surface area contributed by atoms with Crippen molar-refractivity contribution in [1.29, 1.82) is 0 Å². The highest BCUT2D eigenvalue weighted by Crippen LogP contribution is 1.87. The summed E-state index contributed by atoms with van der Waals surface area (Å²) in [5.74, 6) is 0.0831. The highest BCUT2D eigenvalue weighted by Gasteiger charge is 1.86. The van der Waals surface area contributed by atoms with Crippen LogP contribution in [0.3, 0.4) is 0 Å². The number of carbonyl (C=O) groups is 1. The van der Waals surface area contributed by atoms with Crippen LogP contribution in [0.5, 0.6) is 0 Å². The van der Waals surface area contributed by atoms with E-state index in [4.69, 9.17) is 0 Å². The summed E-state index contributed by atoms with van der Waals surface area (Å²) in [6.45, 7) is 5.39. The predicted molar refractivity (Wildman–Crippen MR) is 39.3 cm³/mol. The third-order valence-corrected chi connectivity index (χ3v) is 0.949. The zero-order chi connectivity index (χ0) is 7.11. The summed E-state index contributed by atoms with van der Waals surface area (Å²) in [5, 5.41) is 0. The molecule has 0 rings (SSSR count). The Balaban J connectivity index is 3.37. The molecule has 0 atom stereocenters. The number of ketones is 1. The highest BCUT2D eigenvalue weighted by atomic mass is 16.1. The maximum atomic E-state index is 10.5. The molecular formula is C8H12O. The van der Waals surface area contributed by atoms with Crippen LogP contribution in [0.15, 0.2) is 24.8 Å². The summed E-state index contributed by atoms with van der Waals surface area (Å²) < 4.78 is 0. The first-order valence-electron chi connectivity index (χ1n) is 3.11. The summed E-state index contributed by atoms with van der Waals surface area (Å²) in [4.78, 5) is 10.5. The van der Waals surface area contributed by atoms with E-state index in [1.165, 1.54) is 6.08 Å². The first-order chi connectivity index (χ1) is 4.31. The normalized spacial score (nSPS) is 9.89. The minimum absolute atomic E-state index is 0.0831. The fraction of sp³-hybridized carbons (Fsp3) is 0.375. The largest absolute Gasteiger partial charge is 0.295 e. The van der Waals surface area contributed by atoms with Gasteiger partial charge in [0.2, 0.25) is 0 Å². The van der Waals surface area contributed by atoms with Crippen LogP contribution < -0.4 is 0 Å². The summed E-state index contributed by atoms with van der Waals surface area (Å²) in [6, 6.07) is 0. The van der Waals surface area contributed by atoms with Crippen LogP contribution in [0.1, 0.15) is 19.8 Å². The fourth-order valence-electron chi connectivity index (χ4n) is 0.449. The van der Waals surface area contributed by atoms with Crippen molar-refractivity contribution in [3.05, 3.63) is 24.8 Å². The van der Waals surface area contributed by atoms with Gasteiger partial charge < -0.3 is 0 Å². The second-order valence-electron chi connectivity index (χ2n) is 1.75. The van der Waals surface area contributed by atoms with Crippen molar-refractivity contribution in [3.63, 3.8) is 0 Å². The Hall–Kier alpha value is -0.850. The van der Waals surface area contributed by atoms with Crippen LogP contribution in [0.4, 0.5) is 0 Å². The Morgan fingerprint density at radius 1 is 1.56 bits per heavy atom. The Labute approximate surface area is 56.1 Å². The van der Waals surface area contributed by atoms with E-state index in [-0.39, 0.29) is 5.78 Å². The molecule has 0 N–H and O–H groups in total. The molecule has 0 aliphatic rings. The first-order valence-corrected chi connectivity index (χ1v) is 3.11. The summed E-state index contributed by atoms with van der Waals surface area (Å²) in [6.07, 6.45) is 6.67. The lowest BCUT2D eigenvalue weighted by atomic mass is 10.2. The van der Waals surface area contributed by atoms with Crippen molar-refractivity contribution in [2.45, 2.75) is 19.8 Å². The molecule has 0 aromatic rings. The van der Waals surface area contributed by atoms with Crippen molar-refractivity contribution >= 4 is 5.78 Å². The van der Waals surface area contributed by atoms with Gasteiger partial charge >= 0.3 is 0 Å². The molecule has 50 valence electrons. The maximum Gasteiger partial charge on any atom is 0.158 e. The molecule has 0 saturated heterocycles. The average Bonchev–Trinajstić information content (AvgIpc) is 1.89. The molecule has 0 radical (unpaired) electrons. The summed E-state index contributed by atoms with van der Waals surface area (Å²) in [5.41, 5.74) is 0. The van der Waals surface area contributed by atoms with Gasteiger partial charge in [-0.25, -0.2) is 0 Å². The highest BCUT2D eigenvalue weighted by molar-refractivity contribution is 5.90. The minimum Gasteiger partial charge on any atom is -0.295 e. The minimum atomic E-state index is 0.0831. The van der Waals surface area contributed by atoms with Crippen molar-refractivity contribution in [3.8, 4) is 0 Å². The molecule has 0 heterocycles. The molecule has 0 aromatic heterocycles. The Morgan fingerprint density at radius 2 is 2.22 bits per heavy atom. The van der Waals surface area contributed by atoms with Crippen molar-refractivity contribution in [2.24, 2.45) is 0 Å². The number of allylic oxidation sites excluding steroid dienone is 3. The number of hydrogen-bond donors (Lipinski definition) is 0. The van der Waals surface area contributed by atoms with E-state index in [0.717, 1.165) is 6.42 Å². The molecule has 1 nitrogen and oxygen atoms in total. The van der Waals surface area contributed by atoms with E-state index < -0.39 is 0 Å². The van der Waals surface area contributed by atoms with Crippen molar-refractivity contribution in [2.75, 3.05) is 0 Å². The molecule has 0 unspecified atom stereocenters. The van der Waals surface area contributed by atoms with Crippen LogP contribution >= 0.6 is 0 Å². The van der Waals surface area contributed by atoms with Gasteiger partial charge in [-0.15, -0.1) is 0 Å². The van der Waals surface area contributed by atoms with E-state index in [1.807, 2.05) is 19.1 Å². The number of carbonyl (C=O) groups excluding carboxylic acids is 1. The average molecular weight is 124 g/mol. The van der Waals surface area contributed by atoms with Crippen LogP contribution in [-0.4, -0.2) is 5.78 Å². The molecule has 9 heavy (non-hydrogen) atoms. The predicted octanol–water partition coefficient (Wildman–Crippen LogP) is 2.10. The summed E-state index contributed by atoms with van der Waals surface area (Å²) in [7, 11) is 0.